The van der Waals surface area contributed by atoms with E-state index in [4.69, 9.17) is 11.6 Å². The average molecular weight is 251 g/mol. The molecule has 0 heterocycles. The van der Waals surface area contributed by atoms with Crippen LogP contribution in [0.25, 0.3) is 0 Å². The molecule has 1 aromatic carbocycles. The van der Waals surface area contributed by atoms with Gasteiger partial charge in [-0.1, -0.05) is 11.6 Å². The van der Waals surface area contributed by atoms with Gasteiger partial charge in [-0.3, -0.25) is 10.1 Å². The van der Waals surface area contributed by atoms with E-state index in [1.54, 1.807) is 0 Å². The molecule has 0 bridgehead atoms. The summed E-state index contributed by atoms with van der Waals surface area (Å²) >= 11 is 8.51. The quantitative estimate of drug-likeness (QED) is 0.499. The molecule has 0 aromatic heterocycles. The van der Waals surface area contributed by atoms with Crippen molar-refractivity contribution >= 4 is 39.1 Å². The molecule has 1 aromatic rings. The number of nitro benzene ring substituents is 1. The Hall–Kier alpha value is -0.810. The lowest BCUT2D eigenvalue weighted by molar-refractivity contribution is -0.383. The highest BCUT2D eigenvalue weighted by atomic mass is 79.9. The number of hydrogen-bond acceptors (Lipinski definition) is 3. The molecule has 0 fully saturated rings. The lowest BCUT2D eigenvalue weighted by atomic mass is 10.3. The van der Waals surface area contributed by atoms with E-state index >= 15 is 0 Å². The fourth-order valence-corrected chi connectivity index (χ4v) is 1.23. The highest BCUT2D eigenvalue weighted by molar-refractivity contribution is 9.10. The topological polar surface area (TPSA) is 55.2 Å². The van der Waals surface area contributed by atoms with Gasteiger partial charge in [-0.15, -0.1) is 0 Å². The molecular formula is C6H4BrClN2O2. The van der Waals surface area contributed by atoms with Crippen LogP contribution in [0.5, 0.6) is 0 Å². The zero-order valence-corrected chi connectivity index (χ0v) is 8.09. The van der Waals surface area contributed by atoms with Crippen molar-refractivity contribution in [2.24, 2.45) is 0 Å². The minimum atomic E-state index is -0.486. The Labute approximate surface area is 82.0 Å². The standard InChI is InChI=1S/C6H4BrClN2O2/c7-9-5-3-4(8)1-2-6(5)10(11)12/h1-3,9H. The van der Waals surface area contributed by atoms with Crippen LogP contribution in [0.3, 0.4) is 0 Å². The van der Waals surface area contributed by atoms with E-state index in [1.165, 1.54) is 18.2 Å². The molecule has 0 aliphatic carbocycles. The molecule has 64 valence electrons. The molecule has 0 saturated carbocycles. The van der Waals surface area contributed by atoms with E-state index in [0.717, 1.165) is 0 Å². The van der Waals surface area contributed by atoms with E-state index < -0.39 is 4.92 Å². The van der Waals surface area contributed by atoms with Crippen molar-refractivity contribution < 1.29 is 4.92 Å². The van der Waals surface area contributed by atoms with Gasteiger partial charge in [-0.25, -0.2) is 0 Å². The number of rotatable bonds is 2. The van der Waals surface area contributed by atoms with Gasteiger partial charge in [0.05, 0.1) is 4.92 Å². The van der Waals surface area contributed by atoms with Crippen LogP contribution >= 0.6 is 27.7 Å². The Morgan fingerprint density at radius 1 is 1.58 bits per heavy atom. The summed E-state index contributed by atoms with van der Waals surface area (Å²) in [5.74, 6) is 0. The molecule has 1 N–H and O–H groups in total. The van der Waals surface area contributed by atoms with Crippen LogP contribution < -0.4 is 4.34 Å². The zero-order chi connectivity index (χ0) is 9.14. The number of nitrogens with zero attached hydrogens (tertiary/aromatic N) is 1. The summed E-state index contributed by atoms with van der Waals surface area (Å²) in [5, 5.41) is 10.8. The van der Waals surface area contributed by atoms with Crippen LogP contribution in [0.1, 0.15) is 0 Å². The predicted molar refractivity (Wildman–Crippen MR) is 50.7 cm³/mol. The van der Waals surface area contributed by atoms with Crippen LogP contribution in [0.15, 0.2) is 18.2 Å². The van der Waals surface area contributed by atoms with E-state index in [0.29, 0.717) is 10.7 Å². The number of nitrogens with one attached hydrogen (secondary N) is 1. The number of benzene rings is 1. The molecule has 4 nitrogen and oxygen atoms in total. The molecule has 1 rings (SSSR count). The summed E-state index contributed by atoms with van der Waals surface area (Å²) in [6, 6.07) is 4.27. The number of anilines is 1. The largest absolute Gasteiger partial charge is 0.317 e. The molecule has 0 radical (unpaired) electrons. The Balaban J connectivity index is 3.20. The summed E-state index contributed by atoms with van der Waals surface area (Å²) in [5.41, 5.74) is 0.323. The molecule has 0 aliphatic heterocycles. The lowest BCUT2D eigenvalue weighted by Gasteiger charge is -1.99. The SMILES string of the molecule is O=[N+]([O-])c1ccc(Cl)cc1NBr. The second-order valence-corrected chi connectivity index (χ2v) is 2.85. The maximum absolute atomic E-state index is 10.4. The van der Waals surface area contributed by atoms with Gasteiger partial charge in [0.2, 0.25) is 0 Å². The first-order valence-corrected chi connectivity index (χ1v) is 4.13. The van der Waals surface area contributed by atoms with Crippen LogP contribution in [-0.2, 0) is 0 Å². The molecule has 0 aliphatic rings. The van der Waals surface area contributed by atoms with Gasteiger partial charge in [0.1, 0.15) is 5.69 Å². The third kappa shape index (κ3) is 1.86. The normalized spacial score (nSPS) is 9.50. The highest BCUT2D eigenvalue weighted by Gasteiger charge is 2.12. The fraction of sp³-hybridized carbons (Fsp3) is 0. The molecule has 12 heavy (non-hydrogen) atoms. The molecule has 0 atom stereocenters. The van der Waals surface area contributed by atoms with Crippen LogP contribution in [0, 0.1) is 10.1 Å². The third-order valence-corrected chi connectivity index (χ3v) is 1.92. The van der Waals surface area contributed by atoms with Crippen molar-refractivity contribution in [2.75, 3.05) is 4.34 Å². The van der Waals surface area contributed by atoms with Crippen molar-refractivity contribution in [1.82, 2.24) is 0 Å². The van der Waals surface area contributed by atoms with Gasteiger partial charge in [0.15, 0.2) is 0 Å². The van der Waals surface area contributed by atoms with Crippen LogP contribution in [-0.4, -0.2) is 4.92 Å². The summed E-state index contributed by atoms with van der Waals surface area (Å²) in [6.07, 6.45) is 0. The second-order valence-electron chi connectivity index (χ2n) is 2.01. The molecule has 0 amide bonds. The van der Waals surface area contributed by atoms with Gasteiger partial charge < -0.3 is 4.34 Å². The van der Waals surface area contributed by atoms with Gasteiger partial charge in [-0.2, -0.15) is 0 Å². The Morgan fingerprint density at radius 3 is 2.75 bits per heavy atom. The Bertz CT molecular complexity index is 318. The van der Waals surface area contributed by atoms with Crippen molar-refractivity contribution in [3.05, 3.63) is 33.3 Å². The molecule has 6 heteroatoms. The monoisotopic (exact) mass is 250 g/mol. The fourth-order valence-electron chi connectivity index (χ4n) is 0.743. The van der Waals surface area contributed by atoms with Gasteiger partial charge in [0.25, 0.3) is 5.69 Å². The smallest absolute Gasteiger partial charge is 0.293 e. The summed E-state index contributed by atoms with van der Waals surface area (Å²) in [6.45, 7) is 0. The average Bonchev–Trinajstić information content (AvgIpc) is 2.03. The molecule has 0 spiro atoms. The van der Waals surface area contributed by atoms with E-state index in [2.05, 4.69) is 20.5 Å². The van der Waals surface area contributed by atoms with Gasteiger partial charge in [-0.05, 0) is 12.1 Å². The van der Waals surface area contributed by atoms with Crippen molar-refractivity contribution in [1.29, 1.82) is 0 Å². The van der Waals surface area contributed by atoms with E-state index in [9.17, 15) is 10.1 Å². The first-order valence-electron chi connectivity index (χ1n) is 2.95. The van der Waals surface area contributed by atoms with Crippen molar-refractivity contribution in [3.8, 4) is 0 Å². The van der Waals surface area contributed by atoms with E-state index in [-0.39, 0.29) is 5.69 Å². The minimum Gasteiger partial charge on any atom is -0.317 e. The predicted octanol–water partition coefficient (Wildman–Crippen LogP) is 2.97. The molecule has 0 unspecified atom stereocenters. The Morgan fingerprint density at radius 2 is 2.25 bits per heavy atom. The van der Waals surface area contributed by atoms with Crippen LogP contribution in [0.2, 0.25) is 5.02 Å². The summed E-state index contributed by atoms with van der Waals surface area (Å²) in [4.78, 5) is 9.91. The third-order valence-electron chi connectivity index (χ3n) is 1.26. The van der Waals surface area contributed by atoms with E-state index in [1.807, 2.05) is 0 Å². The number of hydrogen-bond donors (Lipinski definition) is 1. The maximum atomic E-state index is 10.4. The van der Waals surface area contributed by atoms with Gasteiger partial charge >= 0.3 is 0 Å². The number of nitro groups is 1. The van der Waals surface area contributed by atoms with Crippen LogP contribution in [0.4, 0.5) is 11.4 Å². The maximum Gasteiger partial charge on any atom is 0.293 e. The first kappa shape index (κ1) is 9.28. The van der Waals surface area contributed by atoms with Gasteiger partial charge in [0, 0.05) is 27.2 Å². The molecule has 0 saturated heterocycles. The first-order chi connectivity index (χ1) is 5.65. The highest BCUT2D eigenvalue weighted by Crippen LogP contribution is 2.28. The second kappa shape index (κ2) is 3.73. The number of halogens is 2. The minimum absolute atomic E-state index is 0.0173. The zero-order valence-electron chi connectivity index (χ0n) is 5.75. The lowest BCUT2D eigenvalue weighted by Crippen LogP contribution is -1.92. The Kier molecular flexibility index (Phi) is 2.88. The van der Waals surface area contributed by atoms with Crippen molar-refractivity contribution in [2.45, 2.75) is 0 Å². The molecular weight excluding hydrogens is 247 g/mol. The van der Waals surface area contributed by atoms with Crippen molar-refractivity contribution in [3.63, 3.8) is 0 Å². The summed E-state index contributed by atoms with van der Waals surface area (Å²) < 4.78 is 2.50. The summed E-state index contributed by atoms with van der Waals surface area (Å²) in [7, 11) is 0.